The van der Waals surface area contributed by atoms with Crippen LogP contribution < -0.4 is 5.32 Å². The first-order valence-corrected chi connectivity index (χ1v) is 9.70. The van der Waals surface area contributed by atoms with Crippen LogP contribution in [0.4, 0.5) is 4.79 Å². The first-order valence-electron chi connectivity index (χ1n) is 9.70. The monoisotopic (exact) mass is 370 g/mol. The van der Waals surface area contributed by atoms with Gasteiger partial charge < -0.3 is 19.8 Å². The maximum atomic E-state index is 12.5. The van der Waals surface area contributed by atoms with Crippen molar-refractivity contribution < 1.29 is 14.4 Å². The lowest BCUT2D eigenvalue weighted by atomic mass is 9.71. The van der Waals surface area contributed by atoms with E-state index in [9.17, 15) is 9.90 Å². The summed E-state index contributed by atoms with van der Waals surface area (Å²) in [6.45, 7) is 3.26. The third-order valence-electron chi connectivity index (χ3n) is 5.77. The first-order chi connectivity index (χ1) is 13.1. The zero-order chi connectivity index (χ0) is 18.9. The highest BCUT2D eigenvalue weighted by Crippen LogP contribution is 2.41. The number of β-amino-alcohol motifs (C(OH)–C–C–N with tert-alkyl or cyclic N) is 1. The summed E-state index contributed by atoms with van der Waals surface area (Å²) in [4.78, 5) is 18.3. The molecule has 0 spiro atoms. The van der Waals surface area contributed by atoms with Crippen molar-refractivity contribution in [2.24, 2.45) is 5.92 Å². The molecule has 2 aliphatic rings. The summed E-state index contributed by atoms with van der Waals surface area (Å²) in [6, 6.07) is 10.4. The van der Waals surface area contributed by atoms with Gasteiger partial charge in [-0.1, -0.05) is 42.4 Å². The zero-order valence-corrected chi connectivity index (χ0v) is 15.6. The smallest absolute Gasteiger partial charge is 0.317 e. The lowest BCUT2D eigenvalue weighted by Crippen LogP contribution is -2.44. The first kappa shape index (κ1) is 18.0. The van der Waals surface area contributed by atoms with E-state index in [2.05, 4.69) is 39.7 Å². The van der Waals surface area contributed by atoms with Gasteiger partial charge in [0.25, 0.3) is 5.89 Å². The Balaban J connectivity index is 1.24. The Kier molecular flexibility index (Phi) is 4.86. The minimum atomic E-state index is -1.24. The number of benzene rings is 1. The average Bonchev–Trinajstić information content (AvgIpc) is 3.29. The largest absolute Gasteiger partial charge is 0.378 e. The average molecular weight is 370 g/mol. The van der Waals surface area contributed by atoms with Crippen molar-refractivity contribution in [3.63, 3.8) is 0 Å². The number of rotatable bonds is 5. The summed E-state index contributed by atoms with van der Waals surface area (Å²) in [6.07, 6.45) is 3.27. The third-order valence-corrected chi connectivity index (χ3v) is 5.77. The van der Waals surface area contributed by atoms with Crippen LogP contribution in [-0.4, -0.2) is 45.8 Å². The van der Waals surface area contributed by atoms with Gasteiger partial charge >= 0.3 is 6.03 Å². The molecule has 7 nitrogen and oxygen atoms in total. The molecule has 4 rings (SSSR count). The number of hydrogen-bond donors (Lipinski definition) is 2. The highest BCUT2D eigenvalue weighted by atomic mass is 16.5. The molecule has 1 saturated carbocycles. The van der Waals surface area contributed by atoms with E-state index in [-0.39, 0.29) is 18.5 Å². The Labute approximate surface area is 158 Å². The van der Waals surface area contributed by atoms with Gasteiger partial charge in [-0.3, -0.25) is 0 Å². The molecule has 1 aliphatic heterocycles. The molecule has 2 amide bonds. The second-order valence-electron chi connectivity index (χ2n) is 7.70. The Bertz CT molecular complexity index is 788. The molecule has 1 aliphatic carbocycles. The van der Waals surface area contributed by atoms with Crippen molar-refractivity contribution >= 4 is 6.03 Å². The van der Waals surface area contributed by atoms with Gasteiger partial charge in [-0.25, -0.2) is 4.79 Å². The molecule has 2 aromatic rings. The van der Waals surface area contributed by atoms with Gasteiger partial charge in [0.15, 0.2) is 11.4 Å². The van der Waals surface area contributed by atoms with Crippen LogP contribution in [0, 0.1) is 5.92 Å². The molecule has 0 radical (unpaired) electrons. The van der Waals surface area contributed by atoms with Crippen LogP contribution in [0.2, 0.25) is 0 Å². The summed E-state index contributed by atoms with van der Waals surface area (Å²) in [7, 11) is 0. The Morgan fingerprint density at radius 3 is 2.85 bits per heavy atom. The number of urea groups is 1. The highest BCUT2D eigenvalue weighted by molar-refractivity contribution is 5.74. The molecule has 1 saturated heterocycles. The molecule has 0 bridgehead atoms. The van der Waals surface area contributed by atoms with Crippen LogP contribution in [-0.2, 0) is 12.0 Å². The van der Waals surface area contributed by atoms with Gasteiger partial charge in [-0.2, -0.15) is 4.98 Å². The molecule has 7 heteroatoms. The van der Waals surface area contributed by atoms with Crippen LogP contribution in [0.1, 0.15) is 49.4 Å². The summed E-state index contributed by atoms with van der Waals surface area (Å²) in [5.74, 6) is 1.90. The number of nitrogens with zero attached hydrogens (tertiary/aromatic N) is 3. The molecule has 1 aromatic heterocycles. The van der Waals surface area contributed by atoms with E-state index < -0.39 is 5.60 Å². The number of amides is 2. The summed E-state index contributed by atoms with van der Waals surface area (Å²) in [5.41, 5.74) is 0.141. The van der Waals surface area contributed by atoms with E-state index in [0.29, 0.717) is 43.6 Å². The molecule has 1 unspecified atom stereocenters. The van der Waals surface area contributed by atoms with Gasteiger partial charge in [-0.05, 0) is 30.2 Å². The quantitative estimate of drug-likeness (QED) is 0.843. The van der Waals surface area contributed by atoms with Gasteiger partial charge in [0.1, 0.15) is 0 Å². The van der Waals surface area contributed by atoms with Crippen LogP contribution in [0.3, 0.4) is 0 Å². The minimum absolute atomic E-state index is 0.135. The van der Waals surface area contributed by atoms with E-state index in [1.54, 1.807) is 4.90 Å². The Morgan fingerprint density at radius 2 is 2.15 bits per heavy atom. The van der Waals surface area contributed by atoms with Crippen LogP contribution in [0.25, 0.3) is 0 Å². The van der Waals surface area contributed by atoms with Crippen molar-refractivity contribution in [2.75, 3.05) is 19.6 Å². The lowest BCUT2D eigenvalue weighted by Gasteiger charge is -2.36. The van der Waals surface area contributed by atoms with Gasteiger partial charge in [0.05, 0.1) is 6.54 Å². The Morgan fingerprint density at radius 1 is 1.37 bits per heavy atom. The Hall–Kier alpha value is -2.41. The molecule has 1 aromatic carbocycles. The standard InChI is InChI=1S/C20H26N4O3/c1-2-17-22-18(27-23-17)20(26)8-9-24(13-20)19(25)21-12-14-10-16(11-14)15-6-4-3-5-7-15/h3-7,14,16,26H,2,8-13H2,1H3,(H,21,25). The highest BCUT2D eigenvalue weighted by Gasteiger charge is 2.44. The number of likely N-dealkylation sites (tertiary alicyclic amines) is 1. The molecule has 1 atom stereocenters. The normalized spacial score (nSPS) is 27.4. The molecular weight excluding hydrogens is 344 g/mol. The van der Waals surface area contributed by atoms with Crippen molar-refractivity contribution in [3.8, 4) is 0 Å². The number of aryl methyl sites for hydroxylation is 1. The number of aromatic nitrogens is 2. The summed E-state index contributed by atoms with van der Waals surface area (Å²) in [5, 5.41) is 17.6. The number of aliphatic hydroxyl groups is 1. The topological polar surface area (TPSA) is 91.5 Å². The maximum Gasteiger partial charge on any atom is 0.317 e. The summed E-state index contributed by atoms with van der Waals surface area (Å²) < 4.78 is 5.18. The van der Waals surface area contributed by atoms with Gasteiger partial charge in [-0.15, -0.1) is 0 Å². The predicted octanol–water partition coefficient (Wildman–Crippen LogP) is 2.43. The second kappa shape index (κ2) is 7.31. The number of carbonyl (C=O) groups excluding carboxylic acids is 1. The zero-order valence-electron chi connectivity index (χ0n) is 15.6. The van der Waals surface area contributed by atoms with E-state index >= 15 is 0 Å². The molecule has 2 N–H and O–H groups in total. The molecule has 144 valence electrons. The fraction of sp³-hybridized carbons (Fsp3) is 0.550. The van der Waals surface area contributed by atoms with Gasteiger partial charge in [0, 0.05) is 25.9 Å². The number of carbonyl (C=O) groups is 1. The third kappa shape index (κ3) is 3.69. The fourth-order valence-corrected chi connectivity index (χ4v) is 3.97. The SMILES string of the molecule is CCc1noc(C2(O)CCN(C(=O)NCC3CC(c4ccccc4)C3)C2)n1. The lowest BCUT2D eigenvalue weighted by molar-refractivity contribution is 0.0166. The number of hydrogen-bond acceptors (Lipinski definition) is 5. The second-order valence-corrected chi connectivity index (χ2v) is 7.70. The van der Waals surface area contributed by atoms with Crippen molar-refractivity contribution in [1.29, 1.82) is 0 Å². The van der Waals surface area contributed by atoms with Gasteiger partial charge in [0.2, 0.25) is 0 Å². The molecular formula is C20H26N4O3. The van der Waals surface area contributed by atoms with E-state index in [1.807, 2.05) is 13.0 Å². The maximum absolute atomic E-state index is 12.5. The molecule has 2 fully saturated rings. The van der Waals surface area contributed by atoms with Crippen molar-refractivity contribution in [1.82, 2.24) is 20.4 Å². The van der Waals surface area contributed by atoms with E-state index in [1.165, 1.54) is 5.56 Å². The minimum Gasteiger partial charge on any atom is -0.378 e. The van der Waals surface area contributed by atoms with Crippen LogP contribution in [0.5, 0.6) is 0 Å². The van der Waals surface area contributed by atoms with E-state index in [4.69, 9.17) is 4.52 Å². The molecule has 27 heavy (non-hydrogen) atoms. The molecule has 2 heterocycles. The van der Waals surface area contributed by atoms with Crippen LogP contribution in [0.15, 0.2) is 34.9 Å². The van der Waals surface area contributed by atoms with E-state index in [0.717, 1.165) is 12.8 Å². The van der Waals surface area contributed by atoms with Crippen LogP contribution >= 0.6 is 0 Å². The summed E-state index contributed by atoms with van der Waals surface area (Å²) >= 11 is 0. The number of nitrogens with one attached hydrogen (secondary N) is 1. The van der Waals surface area contributed by atoms with Crippen molar-refractivity contribution in [2.45, 2.75) is 44.1 Å². The van der Waals surface area contributed by atoms with Crippen molar-refractivity contribution in [3.05, 3.63) is 47.6 Å². The fourth-order valence-electron chi connectivity index (χ4n) is 3.97. The predicted molar refractivity (Wildman–Crippen MR) is 99.1 cm³/mol.